The van der Waals surface area contributed by atoms with Gasteiger partial charge in [0.2, 0.25) is 0 Å². The number of rotatable bonds is 3. The van der Waals surface area contributed by atoms with Gasteiger partial charge in [-0.3, -0.25) is 4.79 Å². The number of carbonyl (C=O) groups is 1. The summed E-state index contributed by atoms with van der Waals surface area (Å²) in [5.41, 5.74) is 3.07. The maximum Gasteiger partial charge on any atom is 0.271 e. The molecule has 1 aliphatic rings. The van der Waals surface area contributed by atoms with Crippen molar-refractivity contribution in [1.29, 1.82) is 0 Å². The Bertz CT molecular complexity index is 367. The molecule has 3 heteroatoms. The molecule has 1 aliphatic carbocycles. The summed E-state index contributed by atoms with van der Waals surface area (Å²) in [6, 6.07) is 8.98. The van der Waals surface area contributed by atoms with Crippen LogP contribution >= 0.6 is 0 Å². The highest BCUT2D eigenvalue weighted by molar-refractivity contribution is 5.94. The van der Waals surface area contributed by atoms with E-state index in [9.17, 15) is 4.79 Å². The van der Waals surface area contributed by atoms with Crippen molar-refractivity contribution in [1.82, 2.24) is 5.43 Å². The van der Waals surface area contributed by atoms with Gasteiger partial charge in [-0.05, 0) is 37.8 Å². The van der Waals surface area contributed by atoms with E-state index in [4.69, 9.17) is 0 Å². The van der Waals surface area contributed by atoms with Crippen LogP contribution in [0.4, 0.5) is 0 Å². The van der Waals surface area contributed by atoms with E-state index < -0.39 is 0 Å². The molecule has 0 atom stereocenters. The van der Waals surface area contributed by atoms with E-state index in [1.165, 1.54) is 0 Å². The van der Waals surface area contributed by atoms with Crippen molar-refractivity contribution in [3.05, 3.63) is 67.5 Å². The number of benzene rings is 1. The minimum Gasteiger partial charge on any atom is -0.267 e. The predicted octanol–water partition coefficient (Wildman–Crippen LogP) is 1.81. The van der Waals surface area contributed by atoms with E-state index in [0.29, 0.717) is 5.56 Å². The SMILES string of the molecule is O=C(N/N=C/[C]1[CH][CH][CH][CH]1)c1ccccc1. The lowest BCUT2D eigenvalue weighted by atomic mass is 10.1. The van der Waals surface area contributed by atoms with E-state index >= 15 is 0 Å². The topological polar surface area (TPSA) is 41.5 Å². The highest BCUT2D eigenvalue weighted by Crippen LogP contribution is 2.20. The molecule has 0 aliphatic heterocycles. The zero-order chi connectivity index (χ0) is 11.2. The van der Waals surface area contributed by atoms with Gasteiger partial charge in [-0.2, -0.15) is 5.10 Å². The van der Waals surface area contributed by atoms with Gasteiger partial charge < -0.3 is 0 Å². The first-order valence-corrected chi connectivity index (χ1v) is 4.96. The second kappa shape index (κ2) is 5.45. The van der Waals surface area contributed by atoms with Crippen LogP contribution in [0.15, 0.2) is 35.4 Å². The Morgan fingerprint density at radius 2 is 1.81 bits per heavy atom. The van der Waals surface area contributed by atoms with Gasteiger partial charge >= 0.3 is 0 Å². The molecule has 5 radical (unpaired) electrons. The molecule has 1 amide bonds. The third-order valence-corrected chi connectivity index (χ3v) is 2.10. The Morgan fingerprint density at radius 3 is 2.50 bits per heavy atom. The van der Waals surface area contributed by atoms with Gasteiger partial charge in [0.25, 0.3) is 5.91 Å². The van der Waals surface area contributed by atoms with Crippen LogP contribution in [0.1, 0.15) is 10.4 Å². The van der Waals surface area contributed by atoms with Gasteiger partial charge in [0.05, 0.1) is 0 Å². The largest absolute Gasteiger partial charge is 0.271 e. The molecular formula is C13H11N2O. The van der Waals surface area contributed by atoms with Crippen LogP contribution in [0.3, 0.4) is 0 Å². The van der Waals surface area contributed by atoms with Gasteiger partial charge in [0.15, 0.2) is 0 Å². The fourth-order valence-corrected chi connectivity index (χ4v) is 1.29. The average Bonchev–Trinajstić information content (AvgIpc) is 2.83. The number of hydrazone groups is 1. The van der Waals surface area contributed by atoms with Crippen LogP contribution in [0.5, 0.6) is 0 Å². The van der Waals surface area contributed by atoms with Crippen LogP contribution in [0, 0.1) is 31.6 Å². The van der Waals surface area contributed by atoms with Crippen molar-refractivity contribution < 1.29 is 4.79 Å². The second-order valence-electron chi connectivity index (χ2n) is 3.28. The number of carbonyl (C=O) groups excluding carboxylic acids is 1. The Labute approximate surface area is 95.6 Å². The molecule has 0 unspecified atom stereocenters. The third kappa shape index (κ3) is 2.92. The van der Waals surface area contributed by atoms with Crippen LogP contribution in [0.25, 0.3) is 0 Å². The number of nitrogens with one attached hydrogen (secondary N) is 1. The van der Waals surface area contributed by atoms with Crippen molar-refractivity contribution in [2.24, 2.45) is 5.10 Å². The van der Waals surface area contributed by atoms with Crippen molar-refractivity contribution in [3.8, 4) is 0 Å². The maximum absolute atomic E-state index is 11.5. The number of nitrogens with zero attached hydrogens (tertiary/aromatic N) is 1. The van der Waals surface area contributed by atoms with Crippen LogP contribution in [0.2, 0.25) is 0 Å². The Kier molecular flexibility index (Phi) is 3.70. The fraction of sp³-hybridized carbons (Fsp3) is 0. The lowest BCUT2D eigenvalue weighted by Gasteiger charge is -2.00. The molecule has 1 fully saturated rings. The van der Waals surface area contributed by atoms with E-state index in [1.54, 1.807) is 18.3 Å². The molecule has 1 saturated carbocycles. The van der Waals surface area contributed by atoms with Gasteiger partial charge in [-0.15, -0.1) is 0 Å². The summed E-state index contributed by atoms with van der Waals surface area (Å²) in [4.78, 5) is 11.5. The van der Waals surface area contributed by atoms with Crippen LogP contribution in [-0.4, -0.2) is 12.1 Å². The monoisotopic (exact) mass is 211 g/mol. The Morgan fingerprint density at radius 1 is 1.12 bits per heavy atom. The minimum atomic E-state index is -0.205. The summed E-state index contributed by atoms with van der Waals surface area (Å²) in [5.74, 6) is 0.761. The van der Waals surface area contributed by atoms with Crippen molar-refractivity contribution >= 4 is 12.1 Å². The summed E-state index contributed by atoms with van der Waals surface area (Å²) < 4.78 is 0. The molecule has 79 valence electrons. The first-order chi connectivity index (χ1) is 7.86. The third-order valence-electron chi connectivity index (χ3n) is 2.10. The van der Waals surface area contributed by atoms with Crippen molar-refractivity contribution in [2.45, 2.75) is 0 Å². The highest BCUT2D eigenvalue weighted by atomic mass is 16.2. The molecule has 0 spiro atoms. The standard InChI is InChI=1S/C13H11N2O/c16-13(12-8-2-1-3-9-12)15-14-10-11-6-4-5-7-11/h1-10H,(H,15,16)/b14-10+. The second-order valence-corrected chi connectivity index (χ2v) is 3.28. The van der Waals surface area contributed by atoms with E-state index in [1.807, 2.05) is 43.9 Å². The molecule has 0 aromatic heterocycles. The van der Waals surface area contributed by atoms with Gasteiger partial charge in [-0.25, -0.2) is 5.43 Å². The van der Waals surface area contributed by atoms with Crippen molar-refractivity contribution in [2.75, 3.05) is 0 Å². The first kappa shape index (κ1) is 10.9. The Hall–Kier alpha value is -1.64. The minimum absolute atomic E-state index is 0.205. The lowest BCUT2D eigenvalue weighted by molar-refractivity contribution is 0.0955. The van der Waals surface area contributed by atoms with Gasteiger partial charge in [-0.1, -0.05) is 18.2 Å². The molecule has 16 heavy (non-hydrogen) atoms. The quantitative estimate of drug-likeness (QED) is 0.601. The normalized spacial score (nSPS) is 16.8. The summed E-state index contributed by atoms with van der Waals surface area (Å²) in [7, 11) is 0. The van der Waals surface area contributed by atoms with E-state index in [2.05, 4.69) is 10.5 Å². The fourth-order valence-electron chi connectivity index (χ4n) is 1.29. The molecule has 0 bridgehead atoms. The zero-order valence-corrected chi connectivity index (χ0v) is 8.63. The first-order valence-electron chi connectivity index (χ1n) is 4.96. The zero-order valence-electron chi connectivity index (χ0n) is 8.63. The predicted molar refractivity (Wildman–Crippen MR) is 62.8 cm³/mol. The Balaban J connectivity index is 1.83. The summed E-state index contributed by atoms with van der Waals surface area (Å²) in [6.45, 7) is 0. The van der Waals surface area contributed by atoms with Crippen LogP contribution in [-0.2, 0) is 0 Å². The highest BCUT2D eigenvalue weighted by Gasteiger charge is 2.14. The molecular weight excluding hydrogens is 200 g/mol. The summed E-state index contributed by atoms with van der Waals surface area (Å²) in [6.07, 6.45) is 9.28. The lowest BCUT2D eigenvalue weighted by Crippen LogP contribution is -2.17. The van der Waals surface area contributed by atoms with Crippen molar-refractivity contribution in [3.63, 3.8) is 0 Å². The number of hydrogen-bond donors (Lipinski definition) is 1. The molecule has 1 N–H and O–H groups in total. The summed E-state index contributed by atoms with van der Waals surface area (Å²) in [5, 5.41) is 3.87. The number of amides is 1. The number of hydrogen-bond acceptors (Lipinski definition) is 2. The molecule has 2 rings (SSSR count). The maximum atomic E-state index is 11.5. The van der Waals surface area contributed by atoms with Gasteiger partial charge in [0, 0.05) is 17.7 Å². The van der Waals surface area contributed by atoms with Crippen LogP contribution < -0.4 is 5.43 Å². The van der Waals surface area contributed by atoms with E-state index in [-0.39, 0.29) is 5.91 Å². The van der Waals surface area contributed by atoms with Gasteiger partial charge in [0.1, 0.15) is 0 Å². The molecule has 1 aromatic rings. The molecule has 3 nitrogen and oxygen atoms in total. The molecule has 0 heterocycles. The summed E-state index contributed by atoms with van der Waals surface area (Å²) >= 11 is 0. The molecule has 0 saturated heterocycles. The smallest absolute Gasteiger partial charge is 0.267 e. The van der Waals surface area contributed by atoms with E-state index in [0.717, 1.165) is 5.92 Å². The molecule has 1 aromatic carbocycles. The average molecular weight is 211 g/mol.